The topological polar surface area (TPSA) is 70.0 Å². The molecule has 6 nitrogen and oxygen atoms in total. The van der Waals surface area contributed by atoms with E-state index < -0.39 is 0 Å². The first kappa shape index (κ1) is 21.6. The maximum Gasteiger partial charge on any atom is 0.194 e. The molecule has 1 aliphatic rings. The van der Waals surface area contributed by atoms with Gasteiger partial charge in [-0.3, -0.25) is 0 Å². The zero-order valence-corrected chi connectivity index (χ0v) is 18.7. The molecule has 1 heterocycles. The normalized spacial score (nSPS) is 15.1. The van der Waals surface area contributed by atoms with Gasteiger partial charge in [-0.15, -0.1) is 11.3 Å². The van der Waals surface area contributed by atoms with Gasteiger partial charge in [-0.1, -0.05) is 6.07 Å². The maximum absolute atomic E-state index is 10.4. The zero-order chi connectivity index (χ0) is 20.8. The van der Waals surface area contributed by atoms with Gasteiger partial charge in [-0.2, -0.15) is 0 Å². The highest BCUT2D eigenvalue weighted by Crippen LogP contribution is 2.31. The Hall–Kier alpha value is -2.12. The number of fused-ring (bicyclic) bond motifs is 1. The SMILES string of the molecule is CCNC(=NCc1c(O)ccc2c1CCCC2)N(C)Cc1csc(C(C)OC)n1. The van der Waals surface area contributed by atoms with Crippen molar-refractivity contribution >= 4 is 17.3 Å². The first-order chi connectivity index (χ1) is 14.0. The number of aromatic hydroxyl groups is 1. The molecule has 1 aromatic heterocycles. The molecule has 29 heavy (non-hydrogen) atoms. The molecular weight excluding hydrogens is 384 g/mol. The molecule has 0 bridgehead atoms. The molecule has 0 radical (unpaired) electrons. The van der Waals surface area contributed by atoms with E-state index in [1.165, 1.54) is 24.0 Å². The molecule has 158 valence electrons. The van der Waals surface area contributed by atoms with Gasteiger partial charge in [0, 0.05) is 31.6 Å². The highest BCUT2D eigenvalue weighted by atomic mass is 32.1. The number of nitrogens with zero attached hydrogens (tertiary/aromatic N) is 3. The summed E-state index contributed by atoms with van der Waals surface area (Å²) in [7, 11) is 3.71. The molecule has 0 spiro atoms. The van der Waals surface area contributed by atoms with Crippen LogP contribution in [0.25, 0.3) is 0 Å². The summed E-state index contributed by atoms with van der Waals surface area (Å²) in [5.41, 5.74) is 4.62. The Bertz CT molecular complexity index is 849. The number of nitrogens with one attached hydrogen (secondary N) is 1. The summed E-state index contributed by atoms with van der Waals surface area (Å²) in [5.74, 6) is 1.17. The average Bonchev–Trinajstić information content (AvgIpc) is 3.20. The molecule has 1 unspecified atom stereocenters. The third-order valence-electron chi connectivity index (χ3n) is 5.38. The van der Waals surface area contributed by atoms with Crippen molar-refractivity contribution in [1.82, 2.24) is 15.2 Å². The quantitative estimate of drug-likeness (QED) is 0.527. The number of ether oxygens (including phenoxy) is 1. The van der Waals surface area contributed by atoms with Crippen molar-refractivity contribution in [2.45, 2.75) is 58.7 Å². The number of methoxy groups -OCH3 is 1. The predicted octanol–water partition coefficient (Wildman–Crippen LogP) is 4.03. The average molecular weight is 417 g/mol. The minimum absolute atomic E-state index is 0.00759. The molecule has 1 aromatic carbocycles. The Morgan fingerprint density at radius 1 is 1.38 bits per heavy atom. The zero-order valence-electron chi connectivity index (χ0n) is 17.9. The van der Waals surface area contributed by atoms with Crippen LogP contribution in [-0.4, -0.2) is 41.7 Å². The van der Waals surface area contributed by atoms with Gasteiger partial charge < -0.3 is 20.1 Å². The second-order valence-electron chi connectivity index (χ2n) is 7.49. The Labute approximate surface area is 177 Å². The number of phenolic OH excluding ortho intramolecular Hbond substituents is 1. The summed E-state index contributed by atoms with van der Waals surface area (Å²) in [5, 5.41) is 16.9. The molecular formula is C22H32N4O2S. The van der Waals surface area contributed by atoms with Gasteiger partial charge in [-0.25, -0.2) is 9.98 Å². The van der Waals surface area contributed by atoms with E-state index in [2.05, 4.69) is 33.6 Å². The van der Waals surface area contributed by atoms with Crippen molar-refractivity contribution in [3.05, 3.63) is 44.9 Å². The van der Waals surface area contributed by atoms with Crippen molar-refractivity contribution in [3.8, 4) is 5.75 Å². The van der Waals surface area contributed by atoms with Crippen LogP contribution in [0.5, 0.6) is 5.75 Å². The van der Waals surface area contributed by atoms with Crippen LogP contribution in [-0.2, 0) is 30.7 Å². The van der Waals surface area contributed by atoms with E-state index in [1.807, 2.05) is 20.0 Å². The van der Waals surface area contributed by atoms with Crippen LogP contribution in [0.2, 0.25) is 0 Å². The lowest BCUT2D eigenvalue weighted by Gasteiger charge is -2.23. The number of phenols is 1. The van der Waals surface area contributed by atoms with Gasteiger partial charge >= 0.3 is 0 Å². The Kier molecular flexibility index (Phi) is 7.50. The first-order valence-corrected chi connectivity index (χ1v) is 11.2. The summed E-state index contributed by atoms with van der Waals surface area (Å²) in [6.45, 7) is 5.99. The Morgan fingerprint density at radius 2 is 2.17 bits per heavy atom. The molecule has 2 N–H and O–H groups in total. The highest BCUT2D eigenvalue weighted by molar-refractivity contribution is 7.09. The summed E-state index contributed by atoms with van der Waals surface area (Å²) in [6, 6.07) is 3.88. The first-order valence-electron chi connectivity index (χ1n) is 10.3. The molecule has 0 saturated heterocycles. The molecule has 3 rings (SSSR count). The lowest BCUT2D eigenvalue weighted by atomic mass is 9.88. The van der Waals surface area contributed by atoms with E-state index >= 15 is 0 Å². The van der Waals surface area contributed by atoms with Crippen molar-refractivity contribution in [1.29, 1.82) is 0 Å². The number of benzene rings is 1. The summed E-state index contributed by atoms with van der Waals surface area (Å²) >= 11 is 1.62. The fraction of sp³-hybridized carbons (Fsp3) is 0.545. The largest absolute Gasteiger partial charge is 0.508 e. The number of hydrogen-bond donors (Lipinski definition) is 2. The van der Waals surface area contributed by atoms with Gasteiger partial charge in [0.1, 0.15) is 16.9 Å². The second-order valence-corrected chi connectivity index (χ2v) is 8.38. The molecule has 2 aromatic rings. The van der Waals surface area contributed by atoms with Crippen LogP contribution in [0.3, 0.4) is 0 Å². The fourth-order valence-corrected chi connectivity index (χ4v) is 4.53. The van der Waals surface area contributed by atoms with Crippen molar-refractivity contribution < 1.29 is 9.84 Å². The monoisotopic (exact) mass is 416 g/mol. The van der Waals surface area contributed by atoms with Gasteiger partial charge in [0.05, 0.1) is 18.8 Å². The molecule has 1 aliphatic carbocycles. The van der Waals surface area contributed by atoms with Gasteiger partial charge in [-0.05, 0) is 56.7 Å². The standard InChI is InChI=1S/C22H32N4O2S/c1-5-23-22(26(3)13-17-14-29-21(25-17)15(2)28-4)24-12-19-18-9-7-6-8-16(18)10-11-20(19)27/h10-11,14-15,27H,5-9,12-13H2,1-4H3,(H,23,24). The summed E-state index contributed by atoms with van der Waals surface area (Å²) in [6.07, 6.45) is 4.54. The summed E-state index contributed by atoms with van der Waals surface area (Å²) < 4.78 is 5.36. The number of guanidine groups is 1. The molecule has 0 aliphatic heterocycles. The van der Waals surface area contributed by atoms with E-state index in [4.69, 9.17) is 9.73 Å². The molecule has 0 amide bonds. The Morgan fingerprint density at radius 3 is 2.93 bits per heavy atom. The van der Waals surface area contributed by atoms with Crippen LogP contribution < -0.4 is 5.32 Å². The van der Waals surface area contributed by atoms with Crippen LogP contribution in [0.15, 0.2) is 22.5 Å². The minimum Gasteiger partial charge on any atom is -0.508 e. The van der Waals surface area contributed by atoms with Crippen LogP contribution in [0.1, 0.15) is 60.2 Å². The highest BCUT2D eigenvalue weighted by Gasteiger charge is 2.17. The number of aliphatic imine (C=N–C) groups is 1. The number of rotatable bonds is 7. The lowest BCUT2D eigenvalue weighted by molar-refractivity contribution is 0.119. The van der Waals surface area contributed by atoms with Crippen LogP contribution in [0.4, 0.5) is 0 Å². The maximum atomic E-state index is 10.4. The van der Waals surface area contributed by atoms with E-state index in [9.17, 15) is 5.11 Å². The van der Waals surface area contributed by atoms with Crippen LogP contribution in [0, 0.1) is 0 Å². The second kappa shape index (κ2) is 10.1. The lowest BCUT2D eigenvalue weighted by Crippen LogP contribution is -2.38. The summed E-state index contributed by atoms with van der Waals surface area (Å²) in [4.78, 5) is 11.6. The third kappa shape index (κ3) is 5.28. The van der Waals surface area contributed by atoms with Crippen molar-refractivity contribution in [3.63, 3.8) is 0 Å². The fourth-order valence-electron chi connectivity index (χ4n) is 3.69. The number of aromatic nitrogens is 1. The number of aryl methyl sites for hydroxylation is 1. The Balaban J connectivity index is 1.75. The molecule has 0 saturated carbocycles. The van der Waals surface area contributed by atoms with Gasteiger partial charge in [0.2, 0.25) is 0 Å². The van der Waals surface area contributed by atoms with E-state index in [0.29, 0.717) is 18.8 Å². The van der Waals surface area contributed by atoms with E-state index in [0.717, 1.165) is 41.6 Å². The van der Waals surface area contributed by atoms with Crippen molar-refractivity contribution in [2.75, 3.05) is 20.7 Å². The van der Waals surface area contributed by atoms with Gasteiger partial charge in [0.25, 0.3) is 0 Å². The van der Waals surface area contributed by atoms with E-state index in [1.54, 1.807) is 18.4 Å². The predicted molar refractivity (Wildman–Crippen MR) is 119 cm³/mol. The number of hydrogen-bond acceptors (Lipinski definition) is 5. The minimum atomic E-state index is 0.00759. The number of thiazole rings is 1. The molecule has 0 fully saturated rings. The molecule has 7 heteroatoms. The smallest absolute Gasteiger partial charge is 0.194 e. The third-order valence-corrected chi connectivity index (χ3v) is 6.43. The molecule has 1 atom stereocenters. The van der Waals surface area contributed by atoms with Crippen molar-refractivity contribution in [2.24, 2.45) is 4.99 Å². The van der Waals surface area contributed by atoms with Crippen LogP contribution >= 0.6 is 11.3 Å². The van der Waals surface area contributed by atoms with Gasteiger partial charge in [0.15, 0.2) is 5.96 Å². The van der Waals surface area contributed by atoms with E-state index in [-0.39, 0.29) is 6.10 Å².